The van der Waals surface area contributed by atoms with Gasteiger partial charge >= 0.3 is 0 Å². The number of nitro groups is 1. The van der Waals surface area contributed by atoms with Crippen LogP contribution in [0.25, 0.3) is 11.3 Å². The standard InChI is InChI=1S/C17H20N4O4S/c1-11-7-20(8-12(2)25-11)9-16(22)19-17-18-15(10-26-17)13-4-3-5-14(6-13)21(23)24/h3-6,10-12H,7-9H2,1-2H3,(H,18,19,22)/t11-,12-/m0/s1. The van der Waals surface area contributed by atoms with E-state index in [4.69, 9.17) is 4.74 Å². The molecule has 138 valence electrons. The molecule has 0 saturated carbocycles. The zero-order chi connectivity index (χ0) is 18.7. The average molecular weight is 376 g/mol. The topological polar surface area (TPSA) is 97.6 Å². The minimum Gasteiger partial charge on any atom is -0.373 e. The number of nitrogens with one attached hydrogen (secondary N) is 1. The molecule has 1 saturated heterocycles. The Morgan fingerprint density at radius 3 is 2.85 bits per heavy atom. The lowest BCUT2D eigenvalue weighted by atomic mass is 10.1. The summed E-state index contributed by atoms with van der Waals surface area (Å²) in [5.41, 5.74) is 1.26. The molecule has 1 aliphatic rings. The van der Waals surface area contributed by atoms with Gasteiger partial charge in [0.2, 0.25) is 5.91 Å². The lowest BCUT2D eigenvalue weighted by Crippen LogP contribution is -2.48. The van der Waals surface area contributed by atoms with Crippen LogP contribution in [0.1, 0.15) is 13.8 Å². The molecule has 0 bridgehead atoms. The van der Waals surface area contributed by atoms with Crippen molar-refractivity contribution >= 4 is 28.1 Å². The molecule has 8 nitrogen and oxygen atoms in total. The van der Waals surface area contributed by atoms with Gasteiger partial charge in [-0.25, -0.2) is 4.98 Å². The molecule has 1 N–H and O–H groups in total. The highest BCUT2D eigenvalue weighted by atomic mass is 32.1. The van der Waals surface area contributed by atoms with Gasteiger partial charge in [0, 0.05) is 36.2 Å². The number of hydrogen-bond acceptors (Lipinski definition) is 7. The maximum absolute atomic E-state index is 12.3. The highest BCUT2D eigenvalue weighted by molar-refractivity contribution is 7.14. The van der Waals surface area contributed by atoms with Crippen molar-refractivity contribution in [3.63, 3.8) is 0 Å². The van der Waals surface area contributed by atoms with Crippen LogP contribution in [0.2, 0.25) is 0 Å². The fourth-order valence-electron chi connectivity index (χ4n) is 3.02. The van der Waals surface area contributed by atoms with Crippen LogP contribution < -0.4 is 5.32 Å². The van der Waals surface area contributed by atoms with Gasteiger partial charge in [-0.05, 0) is 13.8 Å². The number of hydrogen-bond donors (Lipinski definition) is 1. The molecule has 9 heteroatoms. The third-order valence-corrected chi connectivity index (χ3v) is 4.72. The van der Waals surface area contributed by atoms with Gasteiger partial charge in [0.15, 0.2) is 5.13 Å². The number of non-ortho nitro benzene ring substituents is 1. The predicted octanol–water partition coefficient (Wildman–Crippen LogP) is 2.77. The normalized spacial score (nSPS) is 20.7. The minimum atomic E-state index is -0.442. The monoisotopic (exact) mass is 376 g/mol. The van der Waals surface area contributed by atoms with Crippen molar-refractivity contribution in [2.75, 3.05) is 25.0 Å². The quantitative estimate of drug-likeness (QED) is 0.636. The van der Waals surface area contributed by atoms with Crippen LogP contribution in [0.15, 0.2) is 29.6 Å². The number of thiazole rings is 1. The average Bonchev–Trinajstić information content (AvgIpc) is 3.02. The van der Waals surface area contributed by atoms with E-state index in [1.165, 1.54) is 23.5 Å². The number of carbonyl (C=O) groups is 1. The summed E-state index contributed by atoms with van der Waals surface area (Å²) in [5, 5.41) is 15.9. The molecular weight excluding hydrogens is 356 g/mol. The van der Waals surface area contributed by atoms with Crippen LogP contribution in [0, 0.1) is 10.1 Å². The smallest absolute Gasteiger partial charge is 0.270 e. The van der Waals surface area contributed by atoms with Crippen molar-refractivity contribution in [2.45, 2.75) is 26.1 Å². The van der Waals surface area contributed by atoms with Crippen LogP contribution in [0.3, 0.4) is 0 Å². The number of morpholine rings is 1. The molecule has 1 amide bonds. The summed E-state index contributed by atoms with van der Waals surface area (Å²) in [5.74, 6) is -0.133. The third kappa shape index (κ3) is 4.63. The number of benzene rings is 1. The van der Waals surface area contributed by atoms with E-state index >= 15 is 0 Å². The number of aromatic nitrogens is 1. The minimum absolute atomic E-state index is 0.0108. The maximum atomic E-state index is 12.3. The van der Waals surface area contributed by atoms with Crippen molar-refractivity contribution in [3.8, 4) is 11.3 Å². The zero-order valence-corrected chi connectivity index (χ0v) is 15.4. The summed E-state index contributed by atoms with van der Waals surface area (Å²) in [4.78, 5) is 29.1. The Kier molecular flexibility index (Phi) is 5.60. The number of nitrogens with zero attached hydrogens (tertiary/aromatic N) is 3. The fourth-order valence-corrected chi connectivity index (χ4v) is 3.75. The molecule has 1 fully saturated rings. The van der Waals surface area contributed by atoms with Gasteiger partial charge in [0.05, 0.1) is 29.4 Å². The van der Waals surface area contributed by atoms with Gasteiger partial charge in [-0.1, -0.05) is 12.1 Å². The van der Waals surface area contributed by atoms with Gasteiger partial charge < -0.3 is 10.1 Å². The summed E-state index contributed by atoms with van der Waals surface area (Å²) in [6, 6.07) is 6.27. The second-order valence-corrected chi connectivity index (χ2v) is 7.20. The van der Waals surface area contributed by atoms with Crippen LogP contribution in [-0.4, -0.2) is 52.6 Å². The third-order valence-electron chi connectivity index (χ3n) is 3.97. The molecule has 3 rings (SSSR count). The first-order valence-corrected chi connectivity index (χ1v) is 9.16. The molecule has 2 atom stereocenters. The Hall–Kier alpha value is -2.36. The predicted molar refractivity (Wildman–Crippen MR) is 99.3 cm³/mol. The molecule has 0 radical (unpaired) electrons. The van der Waals surface area contributed by atoms with Crippen molar-refractivity contribution in [2.24, 2.45) is 0 Å². The molecule has 0 spiro atoms. The van der Waals surface area contributed by atoms with E-state index in [-0.39, 0.29) is 30.3 Å². The SMILES string of the molecule is C[C@H]1CN(CC(=O)Nc2nc(-c3cccc([N+](=O)[O-])c3)cs2)C[C@H](C)O1. The van der Waals surface area contributed by atoms with Crippen LogP contribution in [-0.2, 0) is 9.53 Å². The molecule has 1 aromatic carbocycles. The molecular formula is C17H20N4O4S. The van der Waals surface area contributed by atoms with Crippen molar-refractivity contribution in [1.82, 2.24) is 9.88 Å². The largest absolute Gasteiger partial charge is 0.373 e. The summed E-state index contributed by atoms with van der Waals surface area (Å²) >= 11 is 1.29. The number of nitro benzene ring substituents is 1. The number of rotatable bonds is 5. The van der Waals surface area contributed by atoms with E-state index in [0.717, 1.165) is 0 Å². The van der Waals surface area contributed by atoms with Crippen LogP contribution >= 0.6 is 11.3 Å². The fraction of sp³-hybridized carbons (Fsp3) is 0.412. The van der Waals surface area contributed by atoms with E-state index in [2.05, 4.69) is 15.2 Å². The Balaban J connectivity index is 1.62. The summed E-state index contributed by atoms with van der Waals surface area (Å²) in [6.45, 7) is 5.70. The first kappa shape index (κ1) is 18.4. The van der Waals surface area contributed by atoms with Gasteiger partial charge in [0.25, 0.3) is 5.69 Å². The first-order chi connectivity index (χ1) is 12.4. The number of anilines is 1. The second kappa shape index (κ2) is 7.90. The first-order valence-electron chi connectivity index (χ1n) is 8.28. The molecule has 2 aromatic rings. The van der Waals surface area contributed by atoms with Crippen molar-refractivity contribution < 1.29 is 14.5 Å². The number of amides is 1. The Labute approximate surface area is 154 Å². The highest BCUT2D eigenvalue weighted by Crippen LogP contribution is 2.27. The van der Waals surface area contributed by atoms with E-state index in [9.17, 15) is 14.9 Å². The van der Waals surface area contributed by atoms with E-state index in [1.807, 2.05) is 13.8 Å². The summed E-state index contributed by atoms with van der Waals surface area (Å²) < 4.78 is 5.66. The molecule has 0 aliphatic carbocycles. The van der Waals surface area contributed by atoms with Gasteiger partial charge in [0.1, 0.15) is 0 Å². The van der Waals surface area contributed by atoms with Crippen molar-refractivity contribution in [1.29, 1.82) is 0 Å². The molecule has 1 aromatic heterocycles. The molecule has 0 unspecified atom stereocenters. The van der Waals surface area contributed by atoms with Crippen LogP contribution in [0.4, 0.5) is 10.8 Å². The van der Waals surface area contributed by atoms with E-state index in [1.54, 1.807) is 17.5 Å². The number of carbonyl (C=O) groups excluding carboxylic acids is 1. The summed E-state index contributed by atoms with van der Waals surface area (Å²) in [6.07, 6.45) is 0.207. The maximum Gasteiger partial charge on any atom is 0.270 e. The Morgan fingerprint density at radius 1 is 1.42 bits per heavy atom. The van der Waals surface area contributed by atoms with Gasteiger partial charge in [-0.3, -0.25) is 19.8 Å². The van der Waals surface area contributed by atoms with E-state index in [0.29, 0.717) is 29.5 Å². The molecule has 26 heavy (non-hydrogen) atoms. The number of ether oxygens (including phenoxy) is 1. The Morgan fingerprint density at radius 2 is 2.15 bits per heavy atom. The Bertz CT molecular complexity index is 800. The molecule has 2 heterocycles. The van der Waals surface area contributed by atoms with Gasteiger partial charge in [-0.2, -0.15) is 0 Å². The highest BCUT2D eigenvalue weighted by Gasteiger charge is 2.24. The zero-order valence-electron chi connectivity index (χ0n) is 14.5. The van der Waals surface area contributed by atoms with Gasteiger partial charge in [-0.15, -0.1) is 11.3 Å². The van der Waals surface area contributed by atoms with E-state index < -0.39 is 4.92 Å². The molecule has 1 aliphatic heterocycles. The second-order valence-electron chi connectivity index (χ2n) is 6.34. The summed E-state index contributed by atoms with van der Waals surface area (Å²) in [7, 11) is 0. The van der Waals surface area contributed by atoms with Crippen LogP contribution in [0.5, 0.6) is 0 Å². The lowest BCUT2D eigenvalue weighted by Gasteiger charge is -2.34. The lowest BCUT2D eigenvalue weighted by molar-refractivity contribution is -0.384. The van der Waals surface area contributed by atoms with Crippen molar-refractivity contribution in [3.05, 3.63) is 39.8 Å².